The Morgan fingerprint density at radius 1 is 1.50 bits per heavy atom. The Morgan fingerprint density at radius 2 is 2.17 bits per heavy atom. The van der Waals surface area contributed by atoms with Gasteiger partial charge in [-0.3, -0.25) is 4.79 Å². The fourth-order valence-corrected chi connectivity index (χ4v) is 2.06. The summed E-state index contributed by atoms with van der Waals surface area (Å²) < 4.78 is 13.0. The minimum absolute atomic E-state index is 0.0799. The van der Waals surface area contributed by atoms with Gasteiger partial charge in [-0.25, -0.2) is 4.39 Å². The van der Waals surface area contributed by atoms with E-state index in [1.54, 1.807) is 0 Å². The zero-order chi connectivity index (χ0) is 13.3. The van der Waals surface area contributed by atoms with Crippen LogP contribution < -0.4 is 5.73 Å². The van der Waals surface area contributed by atoms with Gasteiger partial charge < -0.3 is 10.6 Å². The molecule has 18 heavy (non-hydrogen) atoms. The van der Waals surface area contributed by atoms with Gasteiger partial charge in [0.05, 0.1) is 5.56 Å². The van der Waals surface area contributed by atoms with Crippen molar-refractivity contribution < 1.29 is 9.18 Å². The summed E-state index contributed by atoms with van der Waals surface area (Å²) in [6, 6.07) is 4.30. The van der Waals surface area contributed by atoms with Crippen LogP contribution in [0.1, 0.15) is 37.0 Å². The van der Waals surface area contributed by atoms with Gasteiger partial charge in [0.15, 0.2) is 0 Å². The van der Waals surface area contributed by atoms with Crippen molar-refractivity contribution in [3.05, 3.63) is 29.6 Å². The molecule has 2 rings (SSSR count). The second kappa shape index (κ2) is 4.96. The number of amides is 1. The van der Waals surface area contributed by atoms with Crippen molar-refractivity contribution in [2.75, 3.05) is 12.3 Å². The molecule has 1 saturated carbocycles. The van der Waals surface area contributed by atoms with E-state index in [-0.39, 0.29) is 11.6 Å². The Kier molecular flexibility index (Phi) is 3.55. The van der Waals surface area contributed by atoms with Crippen LogP contribution in [-0.4, -0.2) is 23.4 Å². The molecule has 0 saturated heterocycles. The normalized spacial score (nSPS) is 14.9. The summed E-state index contributed by atoms with van der Waals surface area (Å²) >= 11 is 0. The summed E-state index contributed by atoms with van der Waals surface area (Å²) in [5.74, 6) is -0.0780. The summed E-state index contributed by atoms with van der Waals surface area (Å²) in [6.45, 7) is 4.88. The van der Waals surface area contributed by atoms with Crippen molar-refractivity contribution in [2.45, 2.75) is 32.7 Å². The minimum Gasteiger partial charge on any atom is -0.398 e. The van der Waals surface area contributed by atoms with Crippen LogP contribution in [0.25, 0.3) is 0 Å². The lowest BCUT2D eigenvalue weighted by Crippen LogP contribution is -2.36. The van der Waals surface area contributed by atoms with Crippen LogP contribution in [0.15, 0.2) is 18.2 Å². The molecule has 4 heteroatoms. The highest BCUT2D eigenvalue weighted by molar-refractivity contribution is 5.99. The van der Waals surface area contributed by atoms with E-state index in [1.165, 1.54) is 18.2 Å². The number of nitrogens with zero attached hydrogens (tertiary/aromatic N) is 1. The highest BCUT2D eigenvalue weighted by Gasteiger charge is 2.33. The molecule has 1 fully saturated rings. The smallest absolute Gasteiger partial charge is 0.256 e. The van der Waals surface area contributed by atoms with E-state index in [0.717, 1.165) is 19.4 Å². The van der Waals surface area contributed by atoms with E-state index in [1.807, 2.05) is 4.90 Å². The fraction of sp³-hybridized carbons (Fsp3) is 0.500. The van der Waals surface area contributed by atoms with Gasteiger partial charge >= 0.3 is 0 Å². The Hall–Kier alpha value is -1.58. The largest absolute Gasteiger partial charge is 0.398 e. The number of nitrogens with two attached hydrogens (primary N) is 1. The number of hydrogen-bond donors (Lipinski definition) is 1. The van der Waals surface area contributed by atoms with Crippen molar-refractivity contribution in [3.63, 3.8) is 0 Å². The number of hydrogen-bond acceptors (Lipinski definition) is 2. The second-order valence-electron chi connectivity index (χ2n) is 5.31. The third-order valence-electron chi connectivity index (χ3n) is 3.05. The summed E-state index contributed by atoms with van der Waals surface area (Å²) in [4.78, 5) is 14.3. The van der Waals surface area contributed by atoms with Gasteiger partial charge in [0, 0.05) is 18.3 Å². The van der Waals surface area contributed by atoms with Crippen LogP contribution in [0.5, 0.6) is 0 Å². The van der Waals surface area contributed by atoms with Crippen LogP contribution in [0.3, 0.4) is 0 Å². The van der Waals surface area contributed by atoms with Gasteiger partial charge in [-0.2, -0.15) is 0 Å². The lowest BCUT2D eigenvalue weighted by Gasteiger charge is -2.25. The molecular formula is C14H19FN2O. The first kappa shape index (κ1) is 12.9. The molecule has 2 N–H and O–H groups in total. The van der Waals surface area contributed by atoms with E-state index in [4.69, 9.17) is 5.73 Å². The molecular weight excluding hydrogens is 231 g/mol. The molecule has 1 aliphatic carbocycles. The first-order valence-corrected chi connectivity index (χ1v) is 6.35. The molecule has 0 radical (unpaired) electrons. The summed E-state index contributed by atoms with van der Waals surface area (Å²) in [5, 5.41) is 0. The monoisotopic (exact) mass is 250 g/mol. The highest BCUT2D eigenvalue weighted by atomic mass is 19.1. The van der Waals surface area contributed by atoms with Gasteiger partial charge in [-0.05, 0) is 37.0 Å². The minimum atomic E-state index is -0.411. The zero-order valence-electron chi connectivity index (χ0n) is 10.8. The molecule has 1 aliphatic rings. The van der Waals surface area contributed by atoms with Crippen molar-refractivity contribution >= 4 is 11.6 Å². The van der Waals surface area contributed by atoms with E-state index < -0.39 is 5.82 Å². The number of halogens is 1. The maximum atomic E-state index is 13.0. The standard InChI is InChI=1S/C14H19FN2O/c1-9(2)8-17(11-4-5-11)14(18)12-6-3-10(15)7-13(12)16/h3,6-7,9,11H,4-5,8,16H2,1-2H3. The number of nitrogen functional groups attached to an aromatic ring is 1. The summed E-state index contributed by atoms with van der Waals surface area (Å²) in [6.07, 6.45) is 2.11. The average molecular weight is 250 g/mol. The number of rotatable bonds is 4. The maximum absolute atomic E-state index is 13.0. The van der Waals surface area contributed by atoms with Gasteiger partial charge in [0.2, 0.25) is 0 Å². The lowest BCUT2D eigenvalue weighted by atomic mass is 10.1. The number of carbonyl (C=O) groups excluding carboxylic acids is 1. The Balaban J connectivity index is 2.22. The highest BCUT2D eigenvalue weighted by Crippen LogP contribution is 2.30. The number of anilines is 1. The molecule has 0 atom stereocenters. The molecule has 98 valence electrons. The van der Waals surface area contributed by atoms with Crippen molar-refractivity contribution in [2.24, 2.45) is 5.92 Å². The van der Waals surface area contributed by atoms with Gasteiger partial charge in [0.1, 0.15) is 5.82 Å². The topological polar surface area (TPSA) is 46.3 Å². The molecule has 1 amide bonds. The maximum Gasteiger partial charge on any atom is 0.256 e. The molecule has 0 spiro atoms. The average Bonchev–Trinajstić information content (AvgIpc) is 3.08. The molecule has 0 bridgehead atoms. The van der Waals surface area contributed by atoms with Gasteiger partial charge in [-0.15, -0.1) is 0 Å². The Morgan fingerprint density at radius 3 is 2.67 bits per heavy atom. The molecule has 1 aromatic rings. The number of benzene rings is 1. The molecule has 0 aromatic heterocycles. The third kappa shape index (κ3) is 2.81. The van der Waals surface area contributed by atoms with E-state index in [9.17, 15) is 9.18 Å². The molecule has 1 aromatic carbocycles. The van der Waals surface area contributed by atoms with Crippen LogP contribution >= 0.6 is 0 Å². The van der Waals surface area contributed by atoms with E-state index >= 15 is 0 Å². The summed E-state index contributed by atoms with van der Waals surface area (Å²) in [7, 11) is 0. The van der Waals surface area contributed by atoms with Crippen LogP contribution in [0, 0.1) is 11.7 Å². The first-order chi connectivity index (χ1) is 8.49. The quantitative estimate of drug-likeness (QED) is 0.835. The van der Waals surface area contributed by atoms with Crippen molar-refractivity contribution in [1.82, 2.24) is 4.90 Å². The zero-order valence-corrected chi connectivity index (χ0v) is 10.8. The van der Waals surface area contributed by atoms with Crippen molar-refractivity contribution in [1.29, 1.82) is 0 Å². The fourth-order valence-electron chi connectivity index (χ4n) is 2.06. The predicted octanol–water partition coefficient (Wildman–Crippen LogP) is 2.67. The van der Waals surface area contributed by atoms with E-state index in [0.29, 0.717) is 17.5 Å². The van der Waals surface area contributed by atoms with Crippen LogP contribution in [0.4, 0.5) is 10.1 Å². The second-order valence-corrected chi connectivity index (χ2v) is 5.31. The number of carbonyl (C=O) groups is 1. The van der Waals surface area contributed by atoms with E-state index in [2.05, 4.69) is 13.8 Å². The Bertz CT molecular complexity index is 455. The predicted molar refractivity (Wildman–Crippen MR) is 69.7 cm³/mol. The van der Waals surface area contributed by atoms with Crippen LogP contribution in [-0.2, 0) is 0 Å². The van der Waals surface area contributed by atoms with Gasteiger partial charge in [0.25, 0.3) is 5.91 Å². The molecule has 3 nitrogen and oxygen atoms in total. The molecule has 0 aliphatic heterocycles. The molecule has 0 heterocycles. The van der Waals surface area contributed by atoms with Gasteiger partial charge in [-0.1, -0.05) is 13.8 Å². The first-order valence-electron chi connectivity index (χ1n) is 6.35. The lowest BCUT2D eigenvalue weighted by molar-refractivity contribution is 0.0723. The molecule has 0 unspecified atom stereocenters. The SMILES string of the molecule is CC(C)CN(C(=O)c1ccc(F)cc1N)C1CC1. The van der Waals surface area contributed by atoms with Crippen LogP contribution in [0.2, 0.25) is 0 Å². The summed E-state index contributed by atoms with van der Waals surface area (Å²) in [5.41, 5.74) is 6.35. The van der Waals surface area contributed by atoms with Crippen molar-refractivity contribution in [3.8, 4) is 0 Å². The Labute approximate surface area is 107 Å². The third-order valence-corrected chi connectivity index (χ3v) is 3.05.